The highest BCUT2D eigenvalue weighted by atomic mass is 15.5. The van der Waals surface area contributed by atoms with Gasteiger partial charge in [0.25, 0.3) is 0 Å². The van der Waals surface area contributed by atoms with E-state index in [0.29, 0.717) is 5.82 Å². The second kappa shape index (κ2) is 6.87. The zero-order valence-electron chi connectivity index (χ0n) is 14.6. The topological polar surface area (TPSA) is 110 Å². The molecule has 26 heavy (non-hydrogen) atoms. The molecule has 0 aliphatic heterocycles. The quantitative estimate of drug-likeness (QED) is 0.546. The third-order valence-electron chi connectivity index (χ3n) is 4.22. The van der Waals surface area contributed by atoms with Gasteiger partial charge in [-0.1, -0.05) is 35.5 Å². The molecule has 9 heteroatoms. The van der Waals surface area contributed by atoms with Crippen molar-refractivity contribution in [2.24, 2.45) is 7.05 Å². The molecule has 4 rings (SSSR count). The molecule has 0 radical (unpaired) electrons. The number of rotatable bonds is 6. The highest BCUT2D eigenvalue weighted by Crippen LogP contribution is 2.23. The van der Waals surface area contributed by atoms with Crippen LogP contribution in [-0.4, -0.2) is 40.4 Å². The first-order valence-corrected chi connectivity index (χ1v) is 8.43. The number of nitrogens with one attached hydrogen (secondary N) is 2. The zero-order chi connectivity index (χ0) is 17.9. The smallest absolute Gasteiger partial charge is 0.196 e. The van der Waals surface area contributed by atoms with Crippen LogP contribution in [0.5, 0.6) is 0 Å². The number of tetrazole rings is 1. The molecule has 0 unspecified atom stereocenters. The first-order valence-electron chi connectivity index (χ1n) is 8.43. The second-order valence-corrected chi connectivity index (χ2v) is 6.12. The van der Waals surface area contributed by atoms with Crippen molar-refractivity contribution in [1.82, 2.24) is 40.4 Å². The number of aryl methyl sites for hydroxylation is 3. The van der Waals surface area contributed by atoms with Gasteiger partial charge in [-0.15, -0.1) is 10.2 Å². The van der Waals surface area contributed by atoms with Gasteiger partial charge in [0.2, 0.25) is 0 Å². The zero-order valence-corrected chi connectivity index (χ0v) is 14.6. The summed E-state index contributed by atoms with van der Waals surface area (Å²) in [5.74, 6) is 2.07. The number of hydrogen-bond acceptors (Lipinski definition) is 7. The minimum Gasteiger partial charge on any atom is -0.359 e. The molecule has 0 aliphatic carbocycles. The second-order valence-electron chi connectivity index (χ2n) is 6.12. The van der Waals surface area contributed by atoms with Crippen LogP contribution in [0.1, 0.15) is 30.2 Å². The molecule has 0 spiro atoms. The van der Waals surface area contributed by atoms with Crippen LogP contribution < -0.4 is 5.32 Å². The summed E-state index contributed by atoms with van der Waals surface area (Å²) in [4.78, 5) is 9.40. The molecule has 0 aliphatic rings. The molecule has 2 N–H and O–H groups in total. The lowest BCUT2D eigenvalue weighted by atomic mass is 10.1. The van der Waals surface area contributed by atoms with Crippen LogP contribution in [0, 0.1) is 0 Å². The summed E-state index contributed by atoms with van der Waals surface area (Å²) >= 11 is 0. The van der Waals surface area contributed by atoms with E-state index in [4.69, 9.17) is 4.98 Å². The van der Waals surface area contributed by atoms with Gasteiger partial charge in [-0.2, -0.15) is 10.3 Å². The van der Waals surface area contributed by atoms with E-state index in [9.17, 15) is 0 Å². The van der Waals surface area contributed by atoms with Gasteiger partial charge in [-0.3, -0.25) is 4.68 Å². The van der Waals surface area contributed by atoms with Crippen LogP contribution in [-0.2, 0) is 19.9 Å². The van der Waals surface area contributed by atoms with Crippen LogP contribution in [0.25, 0.3) is 11.0 Å². The van der Waals surface area contributed by atoms with E-state index in [1.807, 2.05) is 32.2 Å². The van der Waals surface area contributed by atoms with E-state index < -0.39 is 0 Å². The molecule has 0 fully saturated rings. The van der Waals surface area contributed by atoms with Crippen molar-refractivity contribution in [3.63, 3.8) is 0 Å². The van der Waals surface area contributed by atoms with E-state index in [1.165, 1.54) is 5.56 Å². The summed E-state index contributed by atoms with van der Waals surface area (Å²) in [5, 5.41) is 22.6. The third kappa shape index (κ3) is 3.23. The summed E-state index contributed by atoms with van der Waals surface area (Å²) in [7, 11) is 1.88. The molecule has 3 aromatic heterocycles. The first-order chi connectivity index (χ1) is 12.7. The largest absolute Gasteiger partial charge is 0.359 e. The lowest BCUT2D eigenvalue weighted by molar-refractivity contribution is 0.769. The van der Waals surface area contributed by atoms with Crippen LogP contribution in [0.15, 0.2) is 36.5 Å². The van der Waals surface area contributed by atoms with Crippen molar-refractivity contribution < 1.29 is 0 Å². The summed E-state index contributed by atoms with van der Waals surface area (Å²) < 4.78 is 1.76. The molecule has 9 nitrogen and oxygen atoms in total. The van der Waals surface area contributed by atoms with Crippen molar-refractivity contribution in [2.75, 3.05) is 5.32 Å². The van der Waals surface area contributed by atoms with Crippen molar-refractivity contribution in [3.05, 3.63) is 53.7 Å². The Morgan fingerprint density at radius 3 is 2.77 bits per heavy atom. The van der Waals surface area contributed by atoms with E-state index in [2.05, 4.69) is 48.2 Å². The lowest BCUT2D eigenvalue weighted by Crippen LogP contribution is -2.12. The molecular weight excluding hydrogens is 330 g/mol. The fraction of sp³-hybridized carbons (Fsp3) is 0.294. The molecule has 0 bridgehead atoms. The maximum absolute atomic E-state index is 4.72. The van der Waals surface area contributed by atoms with Gasteiger partial charge in [0.1, 0.15) is 11.6 Å². The number of hydrogen-bond donors (Lipinski definition) is 2. The molecule has 0 saturated heterocycles. The van der Waals surface area contributed by atoms with E-state index in [-0.39, 0.29) is 6.04 Å². The number of aromatic nitrogens is 8. The Bertz CT molecular complexity index is 992. The van der Waals surface area contributed by atoms with E-state index >= 15 is 0 Å². The summed E-state index contributed by atoms with van der Waals surface area (Å²) in [6.45, 7) is 1.96. The number of anilines is 1. The Hall–Kier alpha value is -3.36. The van der Waals surface area contributed by atoms with Crippen LogP contribution in [0.4, 0.5) is 5.82 Å². The van der Waals surface area contributed by atoms with Gasteiger partial charge in [0, 0.05) is 13.5 Å². The van der Waals surface area contributed by atoms with Crippen molar-refractivity contribution >= 4 is 16.9 Å². The molecule has 0 saturated carbocycles. The SMILES string of the molecule is C[C@H](Nc1nc(CCc2ccccc2)nc2c1cnn2C)c1nn[nH]n1. The number of nitrogens with zero attached hydrogens (tertiary/aromatic N) is 7. The lowest BCUT2D eigenvalue weighted by Gasteiger charge is -2.13. The van der Waals surface area contributed by atoms with Crippen LogP contribution in [0.2, 0.25) is 0 Å². The van der Waals surface area contributed by atoms with Gasteiger partial charge < -0.3 is 5.32 Å². The predicted molar refractivity (Wildman–Crippen MR) is 96.4 cm³/mol. The number of H-pyrrole nitrogens is 1. The van der Waals surface area contributed by atoms with Crippen LogP contribution >= 0.6 is 0 Å². The highest BCUT2D eigenvalue weighted by molar-refractivity contribution is 5.86. The van der Waals surface area contributed by atoms with Crippen molar-refractivity contribution in [3.8, 4) is 0 Å². The minimum atomic E-state index is -0.144. The van der Waals surface area contributed by atoms with E-state index in [0.717, 1.165) is 35.5 Å². The Morgan fingerprint density at radius 1 is 1.15 bits per heavy atom. The maximum Gasteiger partial charge on any atom is 0.196 e. The standard InChI is InChI=1S/C17H19N9/c1-11(15-22-24-25-23-15)19-16-13-10-18-26(2)17(13)21-14(20-16)9-8-12-6-4-3-5-7-12/h3-7,10-11H,8-9H2,1-2H3,(H,19,20,21)(H,22,23,24,25)/t11-/m0/s1. The van der Waals surface area contributed by atoms with Crippen molar-refractivity contribution in [2.45, 2.75) is 25.8 Å². The molecule has 4 aromatic rings. The summed E-state index contributed by atoms with van der Waals surface area (Å²) in [6, 6.07) is 10.2. The number of aromatic amines is 1. The Balaban J connectivity index is 1.63. The van der Waals surface area contributed by atoms with Gasteiger partial charge in [0.05, 0.1) is 17.6 Å². The summed E-state index contributed by atoms with van der Waals surface area (Å²) in [5.41, 5.74) is 2.06. The predicted octanol–water partition coefficient (Wildman–Crippen LogP) is 1.83. The van der Waals surface area contributed by atoms with Gasteiger partial charge in [-0.25, -0.2) is 9.97 Å². The molecule has 1 atom stereocenters. The Labute approximate surface area is 149 Å². The highest BCUT2D eigenvalue weighted by Gasteiger charge is 2.16. The molecule has 1 aromatic carbocycles. The third-order valence-corrected chi connectivity index (χ3v) is 4.22. The first kappa shape index (κ1) is 16.1. The Kier molecular flexibility index (Phi) is 4.26. The minimum absolute atomic E-state index is 0.144. The van der Waals surface area contributed by atoms with Gasteiger partial charge >= 0.3 is 0 Å². The Morgan fingerprint density at radius 2 is 2.00 bits per heavy atom. The maximum atomic E-state index is 4.72. The normalized spacial score (nSPS) is 12.4. The molecular formula is C17H19N9. The number of benzene rings is 1. The summed E-state index contributed by atoms with van der Waals surface area (Å²) in [6.07, 6.45) is 3.39. The monoisotopic (exact) mass is 349 g/mol. The fourth-order valence-electron chi connectivity index (χ4n) is 2.81. The fourth-order valence-corrected chi connectivity index (χ4v) is 2.81. The van der Waals surface area contributed by atoms with Crippen molar-refractivity contribution in [1.29, 1.82) is 0 Å². The van der Waals surface area contributed by atoms with Gasteiger partial charge in [0.15, 0.2) is 11.5 Å². The number of fused-ring (bicyclic) bond motifs is 1. The average Bonchev–Trinajstić information content (AvgIpc) is 3.32. The molecule has 132 valence electrons. The van der Waals surface area contributed by atoms with Crippen LogP contribution in [0.3, 0.4) is 0 Å². The molecule has 3 heterocycles. The van der Waals surface area contributed by atoms with Gasteiger partial charge in [-0.05, 0) is 18.9 Å². The molecule has 0 amide bonds. The van der Waals surface area contributed by atoms with E-state index in [1.54, 1.807) is 10.9 Å². The average molecular weight is 349 g/mol.